The first kappa shape index (κ1) is 44.0. The number of furan rings is 2. The standard InChI is InChI=1S/C32H27FNO.C25H28NOSi.Ir/c33-28-12-11-26(29-18-21(14-15-34-29)17-25-16-20-6-8-23(25)9-7-20)32-31(28)27-19-24(10-13-30(27)35-32)22-4-2-1-3-5-22;1-16(2)17(3)21-14-22(26-15-24(21)28(4,5)6)20-12-9-11-19-18-10-7-8-13-23(18)27-25(19)20;/h1-5,10,12-15,18-20,23,25H,6-9,16-17H2;7-11,13-17H,1-6H3;/q2*-1;. The molecule has 3 fully saturated rings. The molecule has 2 bridgehead atoms. The Labute approximate surface area is 391 Å². The molecule has 4 heterocycles. The zero-order valence-corrected chi connectivity index (χ0v) is 41.0. The van der Waals surface area contributed by atoms with Crippen LogP contribution in [0.4, 0.5) is 4.39 Å². The number of fused-ring (bicyclic) bond motifs is 9. The van der Waals surface area contributed by atoms with E-state index in [1.54, 1.807) is 0 Å². The molecule has 9 aromatic rings. The van der Waals surface area contributed by atoms with E-state index in [0.717, 1.165) is 85.1 Å². The van der Waals surface area contributed by atoms with Crippen LogP contribution in [0, 0.1) is 41.6 Å². The summed E-state index contributed by atoms with van der Waals surface area (Å²) in [5, 5.41) is 5.00. The summed E-state index contributed by atoms with van der Waals surface area (Å²) in [4.78, 5) is 9.53. The second-order valence-corrected chi connectivity index (χ2v) is 24.6. The van der Waals surface area contributed by atoms with E-state index in [2.05, 4.69) is 112 Å². The zero-order valence-electron chi connectivity index (χ0n) is 37.6. The second-order valence-electron chi connectivity index (χ2n) is 19.6. The number of aromatic nitrogens is 2. The maximum Gasteiger partial charge on any atom is 0.121 e. The molecular weight excluding hydrogens is 984 g/mol. The van der Waals surface area contributed by atoms with Gasteiger partial charge in [0.15, 0.2) is 0 Å². The molecule has 0 amide bonds. The number of pyridine rings is 2. The Balaban J connectivity index is 0.000000164. The number of halogens is 1. The Morgan fingerprint density at radius 3 is 2.19 bits per heavy atom. The number of para-hydroxylation sites is 1. The minimum Gasteiger partial charge on any atom is -0.501 e. The van der Waals surface area contributed by atoms with Crippen molar-refractivity contribution < 1.29 is 33.3 Å². The number of rotatable bonds is 8. The van der Waals surface area contributed by atoms with Crippen molar-refractivity contribution in [2.75, 3.05) is 0 Å². The Morgan fingerprint density at radius 1 is 0.719 bits per heavy atom. The third kappa shape index (κ3) is 8.43. The Hall–Kier alpha value is -5.20. The summed E-state index contributed by atoms with van der Waals surface area (Å²) in [6.07, 6.45) is 12.1. The van der Waals surface area contributed by atoms with E-state index in [0.29, 0.717) is 28.4 Å². The van der Waals surface area contributed by atoms with Gasteiger partial charge in [0.1, 0.15) is 11.2 Å². The van der Waals surface area contributed by atoms with E-state index in [4.69, 9.17) is 13.8 Å². The van der Waals surface area contributed by atoms with Gasteiger partial charge in [-0.3, -0.25) is 4.39 Å². The average Bonchev–Trinajstić information content (AvgIpc) is 3.89. The predicted octanol–water partition coefficient (Wildman–Crippen LogP) is 15.4. The molecule has 1 radical (unpaired) electrons. The van der Waals surface area contributed by atoms with Crippen molar-refractivity contribution in [1.82, 2.24) is 9.97 Å². The molecule has 64 heavy (non-hydrogen) atoms. The summed E-state index contributed by atoms with van der Waals surface area (Å²) in [6.45, 7) is 14.1. The Bertz CT molecular complexity index is 3100. The second kappa shape index (κ2) is 18.0. The Kier molecular flexibility index (Phi) is 12.4. The van der Waals surface area contributed by atoms with Crippen molar-refractivity contribution in [1.29, 1.82) is 0 Å². The maximum absolute atomic E-state index is 15.1. The molecule has 2 atom stereocenters. The maximum atomic E-state index is 15.1. The van der Waals surface area contributed by atoms with E-state index >= 15 is 4.39 Å². The molecule has 0 spiro atoms. The summed E-state index contributed by atoms with van der Waals surface area (Å²) < 4.78 is 27.6. The van der Waals surface area contributed by atoms with Crippen LogP contribution in [0.1, 0.15) is 69.9 Å². The van der Waals surface area contributed by atoms with Crippen LogP contribution in [-0.4, -0.2) is 18.0 Å². The number of hydrogen-bond acceptors (Lipinski definition) is 4. The first-order chi connectivity index (χ1) is 30.5. The van der Waals surface area contributed by atoms with Crippen molar-refractivity contribution in [3.63, 3.8) is 0 Å². The largest absolute Gasteiger partial charge is 0.501 e. The molecule has 4 nitrogen and oxygen atoms in total. The summed E-state index contributed by atoms with van der Waals surface area (Å²) in [6, 6.07) is 42.9. The molecule has 7 heteroatoms. The summed E-state index contributed by atoms with van der Waals surface area (Å²) >= 11 is 0. The van der Waals surface area contributed by atoms with Gasteiger partial charge in [-0.2, -0.15) is 0 Å². The van der Waals surface area contributed by atoms with Crippen LogP contribution in [0.15, 0.2) is 130 Å². The molecule has 0 aliphatic heterocycles. The van der Waals surface area contributed by atoms with Gasteiger partial charge in [0.05, 0.1) is 19.2 Å². The van der Waals surface area contributed by atoms with Crippen LogP contribution in [0.2, 0.25) is 19.6 Å². The van der Waals surface area contributed by atoms with Crippen LogP contribution < -0.4 is 5.19 Å². The van der Waals surface area contributed by atoms with Gasteiger partial charge in [-0.25, -0.2) is 0 Å². The minimum absolute atomic E-state index is 0. The van der Waals surface area contributed by atoms with Gasteiger partial charge in [-0.1, -0.05) is 148 Å². The van der Waals surface area contributed by atoms with Crippen LogP contribution >= 0.6 is 0 Å². The molecule has 5 aromatic carbocycles. The fourth-order valence-corrected chi connectivity index (χ4v) is 12.1. The fourth-order valence-electron chi connectivity index (χ4n) is 10.4. The van der Waals surface area contributed by atoms with Crippen molar-refractivity contribution in [2.24, 2.45) is 23.7 Å². The number of hydrogen-bond donors (Lipinski definition) is 0. The average molecular weight is 1040 g/mol. The van der Waals surface area contributed by atoms with Crippen LogP contribution in [0.3, 0.4) is 0 Å². The van der Waals surface area contributed by atoms with Crippen molar-refractivity contribution in [3.05, 3.63) is 151 Å². The first-order valence-corrected chi connectivity index (χ1v) is 26.4. The van der Waals surface area contributed by atoms with Crippen LogP contribution in [-0.2, 0) is 26.5 Å². The van der Waals surface area contributed by atoms with E-state index in [1.807, 2.05) is 60.8 Å². The molecular formula is C57H55FIrN2O2Si-2. The third-order valence-electron chi connectivity index (χ3n) is 14.2. The molecule has 2 unspecified atom stereocenters. The van der Waals surface area contributed by atoms with Crippen LogP contribution in [0.5, 0.6) is 0 Å². The first-order valence-electron chi connectivity index (χ1n) is 22.9. The molecule has 327 valence electrons. The Morgan fingerprint density at radius 2 is 1.44 bits per heavy atom. The normalized spacial score (nSPS) is 17.8. The summed E-state index contributed by atoms with van der Waals surface area (Å²) in [5.74, 6) is 3.32. The predicted molar refractivity (Wildman–Crippen MR) is 260 cm³/mol. The van der Waals surface area contributed by atoms with Gasteiger partial charge in [-0.15, -0.1) is 30.3 Å². The monoisotopic (exact) mass is 1040 g/mol. The van der Waals surface area contributed by atoms with Crippen molar-refractivity contribution >= 4 is 57.1 Å². The smallest absolute Gasteiger partial charge is 0.121 e. The van der Waals surface area contributed by atoms with Gasteiger partial charge in [0.25, 0.3) is 0 Å². The fraction of sp³-hybridized carbons (Fsp3) is 0.298. The number of benzene rings is 5. The molecule has 4 aromatic heterocycles. The van der Waals surface area contributed by atoms with Gasteiger partial charge >= 0.3 is 0 Å². The molecule has 0 N–H and O–H groups in total. The van der Waals surface area contributed by atoms with Gasteiger partial charge < -0.3 is 18.8 Å². The van der Waals surface area contributed by atoms with E-state index in [1.165, 1.54) is 54.5 Å². The topological polar surface area (TPSA) is 52.1 Å². The van der Waals surface area contributed by atoms with Crippen molar-refractivity contribution in [2.45, 2.75) is 84.9 Å². The summed E-state index contributed by atoms with van der Waals surface area (Å²) in [5.41, 5.74) is 11.3. The molecule has 0 saturated heterocycles. The quantitative estimate of drug-likeness (QED) is 0.112. The molecule has 12 rings (SSSR count). The van der Waals surface area contributed by atoms with Gasteiger partial charge in [0.2, 0.25) is 0 Å². The van der Waals surface area contributed by atoms with Crippen LogP contribution in [0.25, 0.3) is 77.5 Å². The van der Waals surface area contributed by atoms with Gasteiger partial charge in [-0.05, 0) is 113 Å². The van der Waals surface area contributed by atoms with E-state index in [-0.39, 0.29) is 25.9 Å². The molecule has 3 aliphatic rings. The van der Waals surface area contributed by atoms with E-state index in [9.17, 15) is 0 Å². The zero-order chi connectivity index (χ0) is 43.4. The van der Waals surface area contributed by atoms with Gasteiger partial charge in [0, 0.05) is 49.1 Å². The third-order valence-corrected chi connectivity index (χ3v) is 16.2. The van der Waals surface area contributed by atoms with E-state index < -0.39 is 8.07 Å². The number of nitrogens with zero attached hydrogens (tertiary/aromatic N) is 2. The van der Waals surface area contributed by atoms with Crippen molar-refractivity contribution in [3.8, 4) is 33.6 Å². The molecule has 3 aliphatic carbocycles. The summed E-state index contributed by atoms with van der Waals surface area (Å²) in [7, 11) is -1.49. The SMILES string of the molecule is CC(C)C(C)c1cc(-c2[c-]ccc3c2oc2ccccc23)ncc1[Si](C)(C)C.Fc1c[c-]c(-c2cc(CC3CC4CCC3CC4)ccn2)c2oc3ccc(-c4ccccc4)cc3c12.[Ir]. The minimum atomic E-state index is -1.49. The molecule has 3 saturated carbocycles.